The molecule has 0 aliphatic heterocycles. The Morgan fingerprint density at radius 2 is 1.55 bits per heavy atom. The molecule has 0 unspecified atom stereocenters. The summed E-state index contributed by atoms with van der Waals surface area (Å²) in [5, 5.41) is 3.06. The molecule has 0 saturated carbocycles. The minimum atomic E-state index is -4.18. The van der Waals surface area contributed by atoms with E-state index in [1.807, 2.05) is 87.7 Å². The van der Waals surface area contributed by atoms with Gasteiger partial charge in [0, 0.05) is 23.9 Å². The smallest absolute Gasteiger partial charge is 0.264 e. The molecule has 1 N–H and O–H groups in total. The summed E-state index contributed by atoms with van der Waals surface area (Å²) in [6.45, 7) is 5.36. The van der Waals surface area contributed by atoms with Gasteiger partial charge in [0.2, 0.25) is 11.8 Å². The standard InChI is InChI=1S/C37H43N3O5S2/c1-6-28(3)38-37(42)35(24-29-11-8-7-9-12-29)39(25-30-13-10-14-32(23-30)45-4)36(41)26-40(31-17-15-27(2)16-18-31)47(43,44)34-21-19-33(46-5)20-22-34/h7-23,28,35H,6,24-26H2,1-5H3,(H,38,42)/t28-,35-/m0/s1. The number of nitrogens with one attached hydrogen (secondary N) is 1. The van der Waals surface area contributed by atoms with Gasteiger partial charge < -0.3 is 15.0 Å². The van der Waals surface area contributed by atoms with Crippen LogP contribution in [0.15, 0.2) is 113 Å². The molecule has 0 aromatic heterocycles. The number of hydrogen-bond donors (Lipinski definition) is 1. The second kappa shape index (κ2) is 16.5. The minimum absolute atomic E-state index is 0.0612. The molecule has 0 heterocycles. The van der Waals surface area contributed by atoms with Gasteiger partial charge in [-0.15, -0.1) is 11.8 Å². The summed E-state index contributed by atoms with van der Waals surface area (Å²) in [6, 6.07) is 29.4. The molecule has 0 bridgehead atoms. The molecule has 0 spiro atoms. The predicted molar refractivity (Wildman–Crippen MR) is 189 cm³/mol. The highest BCUT2D eigenvalue weighted by Crippen LogP contribution is 2.27. The second-order valence-electron chi connectivity index (χ2n) is 11.4. The van der Waals surface area contributed by atoms with Gasteiger partial charge in [0.15, 0.2) is 0 Å². The van der Waals surface area contributed by atoms with E-state index in [4.69, 9.17) is 4.74 Å². The van der Waals surface area contributed by atoms with E-state index < -0.39 is 28.5 Å². The number of rotatable bonds is 15. The Balaban J connectivity index is 1.81. The molecule has 0 fully saturated rings. The first-order chi connectivity index (χ1) is 22.5. The first-order valence-corrected chi connectivity index (χ1v) is 18.2. The zero-order chi connectivity index (χ0) is 34.0. The molecule has 10 heteroatoms. The van der Waals surface area contributed by atoms with Crippen molar-refractivity contribution in [2.45, 2.75) is 62.0 Å². The maximum Gasteiger partial charge on any atom is 0.264 e. The number of thioether (sulfide) groups is 1. The number of ether oxygens (including phenoxy) is 1. The summed E-state index contributed by atoms with van der Waals surface area (Å²) in [7, 11) is -2.61. The minimum Gasteiger partial charge on any atom is -0.497 e. The number of carbonyl (C=O) groups excluding carboxylic acids is 2. The molecule has 8 nitrogen and oxygen atoms in total. The van der Waals surface area contributed by atoms with Crippen LogP contribution in [0.3, 0.4) is 0 Å². The fraction of sp³-hybridized carbons (Fsp3) is 0.297. The van der Waals surface area contributed by atoms with Crippen LogP contribution < -0.4 is 14.4 Å². The Bertz CT molecular complexity index is 1730. The first-order valence-electron chi connectivity index (χ1n) is 15.6. The number of anilines is 1. The zero-order valence-electron chi connectivity index (χ0n) is 27.6. The van der Waals surface area contributed by atoms with Gasteiger partial charge in [-0.1, -0.05) is 67.1 Å². The highest BCUT2D eigenvalue weighted by molar-refractivity contribution is 7.98. The van der Waals surface area contributed by atoms with Gasteiger partial charge in [0.25, 0.3) is 10.0 Å². The summed E-state index contributed by atoms with van der Waals surface area (Å²) in [6.07, 6.45) is 2.87. The molecule has 0 saturated heterocycles. The summed E-state index contributed by atoms with van der Waals surface area (Å²) in [5.74, 6) is -0.217. The van der Waals surface area contributed by atoms with Gasteiger partial charge in [0.1, 0.15) is 18.3 Å². The van der Waals surface area contributed by atoms with E-state index in [1.54, 1.807) is 49.6 Å². The Morgan fingerprint density at radius 3 is 2.17 bits per heavy atom. The number of methoxy groups -OCH3 is 1. The Morgan fingerprint density at radius 1 is 0.894 bits per heavy atom. The fourth-order valence-corrected chi connectivity index (χ4v) is 6.90. The highest BCUT2D eigenvalue weighted by atomic mass is 32.2. The Labute approximate surface area is 283 Å². The summed E-state index contributed by atoms with van der Waals surface area (Å²) >= 11 is 1.51. The van der Waals surface area contributed by atoms with Crippen molar-refractivity contribution in [2.75, 3.05) is 24.2 Å². The molecule has 4 aromatic rings. The van der Waals surface area contributed by atoms with Crippen LogP contribution >= 0.6 is 11.8 Å². The van der Waals surface area contributed by atoms with Gasteiger partial charge in [0.05, 0.1) is 17.7 Å². The number of carbonyl (C=O) groups is 2. The van der Waals surface area contributed by atoms with Crippen LogP contribution in [0, 0.1) is 6.92 Å². The van der Waals surface area contributed by atoms with E-state index in [1.165, 1.54) is 16.7 Å². The maximum absolute atomic E-state index is 14.6. The van der Waals surface area contributed by atoms with Gasteiger partial charge in [-0.05, 0) is 86.2 Å². The molecule has 0 aliphatic carbocycles. The van der Waals surface area contributed by atoms with E-state index in [2.05, 4.69) is 5.32 Å². The van der Waals surface area contributed by atoms with Crippen molar-refractivity contribution in [2.24, 2.45) is 0 Å². The van der Waals surface area contributed by atoms with Gasteiger partial charge in [-0.3, -0.25) is 13.9 Å². The van der Waals surface area contributed by atoms with Crippen molar-refractivity contribution in [3.05, 3.63) is 120 Å². The lowest BCUT2D eigenvalue weighted by Gasteiger charge is -2.34. The van der Waals surface area contributed by atoms with Crippen LogP contribution in [0.4, 0.5) is 5.69 Å². The van der Waals surface area contributed by atoms with Crippen molar-refractivity contribution in [1.29, 1.82) is 0 Å². The number of aryl methyl sites for hydroxylation is 1. The van der Waals surface area contributed by atoms with Crippen molar-refractivity contribution in [1.82, 2.24) is 10.2 Å². The van der Waals surface area contributed by atoms with Crippen molar-refractivity contribution in [3.8, 4) is 5.75 Å². The van der Waals surface area contributed by atoms with Crippen molar-refractivity contribution >= 4 is 39.3 Å². The third-order valence-electron chi connectivity index (χ3n) is 8.01. The highest BCUT2D eigenvalue weighted by Gasteiger charge is 2.35. The fourth-order valence-electron chi connectivity index (χ4n) is 5.08. The number of sulfonamides is 1. The summed E-state index contributed by atoms with van der Waals surface area (Å²) in [5.41, 5.74) is 2.91. The Hall–Kier alpha value is -4.28. The van der Waals surface area contributed by atoms with Crippen LogP contribution in [-0.4, -0.2) is 57.1 Å². The average Bonchev–Trinajstić information content (AvgIpc) is 3.09. The van der Waals surface area contributed by atoms with E-state index >= 15 is 0 Å². The van der Waals surface area contributed by atoms with Crippen LogP contribution in [0.2, 0.25) is 0 Å². The Kier molecular flexibility index (Phi) is 12.5. The summed E-state index contributed by atoms with van der Waals surface area (Å²) < 4.78 is 35.1. The quantitative estimate of drug-likeness (QED) is 0.145. The monoisotopic (exact) mass is 673 g/mol. The van der Waals surface area contributed by atoms with E-state index in [9.17, 15) is 18.0 Å². The average molecular weight is 674 g/mol. The molecular weight excluding hydrogens is 631 g/mol. The molecule has 4 aromatic carbocycles. The lowest BCUT2D eigenvalue weighted by Crippen LogP contribution is -2.54. The topological polar surface area (TPSA) is 96.0 Å². The largest absolute Gasteiger partial charge is 0.497 e. The van der Waals surface area contributed by atoms with E-state index in [0.717, 1.165) is 25.9 Å². The molecule has 2 atom stereocenters. The molecule has 47 heavy (non-hydrogen) atoms. The van der Waals surface area contributed by atoms with Crippen molar-refractivity contribution in [3.63, 3.8) is 0 Å². The molecule has 248 valence electrons. The second-order valence-corrected chi connectivity index (χ2v) is 14.2. The van der Waals surface area contributed by atoms with Crippen LogP contribution in [-0.2, 0) is 32.6 Å². The van der Waals surface area contributed by atoms with Crippen LogP contribution in [0.1, 0.15) is 37.0 Å². The number of nitrogens with zero attached hydrogens (tertiary/aromatic N) is 2. The lowest BCUT2D eigenvalue weighted by atomic mass is 10.0. The zero-order valence-corrected chi connectivity index (χ0v) is 29.2. The molecule has 2 amide bonds. The van der Waals surface area contributed by atoms with E-state index in [-0.39, 0.29) is 29.8 Å². The molecular formula is C37H43N3O5S2. The van der Waals surface area contributed by atoms with Gasteiger partial charge >= 0.3 is 0 Å². The van der Waals surface area contributed by atoms with Crippen molar-refractivity contribution < 1.29 is 22.7 Å². The lowest BCUT2D eigenvalue weighted by molar-refractivity contribution is -0.140. The summed E-state index contributed by atoms with van der Waals surface area (Å²) in [4.78, 5) is 31.1. The molecule has 4 rings (SSSR count). The maximum atomic E-state index is 14.6. The third kappa shape index (κ3) is 9.39. The van der Waals surface area contributed by atoms with Crippen LogP contribution in [0.5, 0.6) is 5.75 Å². The number of benzene rings is 4. The number of amides is 2. The predicted octanol–water partition coefficient (Wildman–Crippen LogP) is 6.48. The normalized spacial score (nSPS) is 12.5. The van der Waals surface area contributed by atoms with E-state index in [0.29, 0.717) is 17.9 Å². The molecule has 0 aliphatic rings. The first kappa shape index (κ1) is 35.6. The molecule has 0 radical (unpaired) electrons. The van der Waals surface area contributed by atoms with Gasteiger partial charge in [-0.25, -0.2) is 8.42 Å². The van der Waals surface area contributed by atoms with Crippen LogP contribution in [0.25, 0.3) is 0 Å². The third-order valence-corrected chi connectivity index (χ3v) is 10.5. The number of hydrogen-bond acceptors (Lipinski definition) is 6. The van der Waals surface area contributed by atoms with Gasteiger partial charge in [-0.2, -0.15) is 0 Å². The SMILES string of the molecule is CC[C@H](C)NC(=O)[C@H](Cc1ccccc1)N(Cc1cccc(OC)c1)C(=O)CN(c1ccc(C)cc1)S(=O)(=O)c1ccc(SC)cc1.